The lowest BCUT2D eigenvalue weighted by Gasteiger charge is -2.29. The van der Waals surface area contributed by atoms with E-state index in [4.69, 9.17) is 10.5 Å². The molecule has 0 saturated heterocycles. The molecule has 1 aromatic rings. The smallest absolute Gasteiger partial charge is 0.193 e. The van der Waals surface area contributed by atoms with Crippen LogP contribution in [0.15, 0.2) is 29.3 Å². The van der Waals surface area contributed by atoms with E-state index < -0.39 is 0 Å². The first-order valence-corrected chi connectivity index (χ1v) is 8.45. The zero-order chi connectivity index (χ0) is 17.2. The van der Waals surface area contributed by atoms with Gasteiger partial charge in [0.15, 0.2) is 5.96 Å². The van der Waals surface area contributed by atoms with Crippen LogP contribution in [0.3, 0.4) is 0 Å². The number of nitrogens with two attached hydrogens (primary N) is 1. The van der Waals surface area contributed by atoms with Gasteiger partial charge in [0, 0.05) is 6.04 Å². The summed E-state index contributed by atoms with van der Waals surface area (Å²) in [4.78, 5) is 7.00. The number of rotatable bonds is 9. The van der Waals surface area contributed by atoms with E-state index in [1.165, 1.54) is 0 Å². The van der Waals surface area contributed by atoms with Crippen LogP contribution in [-0.4, -0.2) is 43.6 Å². The van der Waals surface area contributed by atoms with Gasteiger partial charge in [-0.05, 0) is 37.6 Å². The molecule has 1 aromatic carbocycles. The summed E-state index contributed by atoms with van der Waals surface area (Å²) in [7, 11) is 1.65. The summed E-state index contributed by atoms with van der Waals surface area (Å²) in [5.74, 6) is 1.82. The number of para-hydroxylation sites is 2. The molecule has 0 spiro atoms. The van der Waals surface area contributed by atoms with Crippen LogP contribution in [0, 0.1) is 5.92 Å². The molecule has 0 heterocycles. The highest BCUT2D eigenvalue weighted by Crippen LogP contribution is 2.22. The summed E-state index contributed by atoms with van der Waals surface area (Å²) in [6.45, 7) is 11.6. The maximum atomic E-state index is 6.06. The molecule has 0 aromatic heterocycles. The second-order valence-electron chi connectivity index (χ2n) is 6.06. The van der Waals surface area contributed by atoms with E-state index in [0.717, 1.165) is 30.9 Å². The first kappa shape index (κ1) is 19.3. The van der Waals surface area contributed by atoms with Crippen molar-refractivity contribution >= 4 is 11.6 Å². The molecule has 23 heavy (non-hydrogen) atoms. The van der Waals surface area contributed by atoms with Crippen LogP contribution in [-0.2, 0) is 0 Å². The first-order chi connectivity index (χ1) is 11.0. The SMILES string of the molecule is CCN(CC)C(CN=C(N)Nc1ccccc1OC)CC(C)C. The van der Waals surface area contributed by atoms with Crippen molar-refractivity contribution in [2.45, 2.75) is 40.2 Å². The number of hydrogen-bond acceptors (Lipinski definition) is 3. The van der Waals surface area contributed by atoms with Gasteiger partial charge in [-0.2, -0.15) is 0 Å². The number of likely N-dealkylation sites (N-methyl/N-ethyl adjacent to an activating group) is 1. The Labute approximate surface area is 140 Å². The number of hydrogen-bond donors (Lipinski definition) is 2. The maximum absolute atomic E-state index is 6.06. The Bertz CT molecular complexity index is 484. The molecule has 0 bridgehead atoms. The Balaban J connectivity index is 2.74. The van der Waals surface area contributed by atoms with Crippen molar-refractivity contribution in [2.75, 3.05) is 32.1 Å². The van der Waals surface area contributed by atoms with Gasteiger partial charge in [0.05, 0.1) is 19.3 Å². The predicted molar refractivity (Wildman–Crippen MR) is 99.3 cm³/mol. The lowest BCUT2D eigenvalue weighted by molar-refractivity contribution is 0.196. The summed E-state index contributed by atoms with van der Waals surface area (Å²) in [5, 5.41) is 3.13. The van der Waals surface area contributed by atoms with Crippen molar-refractivity contribution in [3.05, 3.63) is 24.3 Å². The second-order valence-corrected chi connectivity index (χ2v) is 6.06. The fourth-order valence-corrected chi connectivity index (χ4v) is 2.75. The molecule has 0 aliphatic rings. The number of aliphatic imine (C=N–C) groups is 1. The third kappa shape index (κ3) is 6.48. The summed E-state index contributed by atoms with van der Waals surface area (Å²) < 4.78 is 5.32. The lowest BCUT2D eigenvalue weighted by Crippen LogP contribution is -2.39. The average molecular weight is 320 g/mol. The van der Waals surface area contributed by atoms with E-state index in [2.05, 4.69) is 42.9 Å². The van der Waals surface area contributed by atoms with Crippen molar-refractivity contribution in [1.29, 1.82) is 0 Å². The Morgan fingerprint density at radius 3 is 2.48 bits per heavy atom. The Morgan fingerprint density at radius 1 is 1.26 bits per heavy atom. The summed E-state index contributed by atoms with van der Waals surface area (Å²) in [6.07, 6.45) is 1.12. The van der Waals surface area contributed by atoms with Crippen molar-refractivity contribution in [3.8, 4) is 5.75 Å². The minimum atomic E-state index is 0.419. The Hall–Kier alpha value is -1.75. The van der Waals surface area contributed by atoms with Crippen molar-refractivity contribution in [3.63, 3.8) is 0 Å². The summed E-state index contributed by atoms with van der Waals surface area (Å²) in [6, 6.07) is 8.11. The highest BCUT2D eigenvalue weighted by Gasteiger charge is 2.16. The number of ether oxygens (including phenoxy) is 1. The number of nitrogens with zero attached hydrogens (tertiary/aromatic N) is 2. The Kier molecular flexibility index (Phi) is 8.48. The molecular weight excluding hydrogens is 288 g/mol. The van der Waals surface area contributed by atoms with E-state index in [9.17, 15) is 0 Å². The van der Waals surface area contributed by atoms with Crippen LogP contribution in [0.5, 0.6) is 5.75 Å². The molecule has 0 radical (unpaired) electrons. The maximum Gasteiger partial charge on any atom is 0.193 e. The van der Waals surface area contributed by atoms with E-state index in [1.54, 1.807) is 7.11 Å². The van der Waals surface area contributed by atoms with Gasteiger partial charge in [-0.3, -0.25) is 9.89 Å². The van der Waals surface area contributed by atoms with Gasteiger partial charge < -0.3 is 15.8 Å². The molecule has 130 valence electrons. The molecular formula is C18H32N4O. The zero-order valence-electron chi connectivity index (χ0n) is 15.2. The van der Waals surface area contributed by atoms with Gasteiger partial charge in [0.25, 0.3) is 0 Å². The van der Waals surface area contributed by atoms with Crippen LogP contribution in [0.2, 0.25) is 0 Å². The molecule has 0 amide bonds. The molecule has 0 saturated carbocycles. The topological polar surface area (TPSA) is 62.9 Å². The largest absolute Gasteiger partial charge is 0.495 e. The van der Waals surface area contributed by atoms with Crippen molar-refractivity contribution < 1.29 is 4.74 Å². The number of benzene rings is 1. The average Bonchev–Trinajstić information content (AvgIpc) is 2.53. The highest BCUT2D eigenvalue weighted by molar-refractivity contribution is 5.93. The zero-order valence-corrected chi connectivity index (χ0v) is 15.2. The predicted octanol–water partition coefficient (Wildman–Crippen LogP) is 3.18. The van der Waals surface area contributed by atoms with E-state index in [-0.39, 0.29) is 0 Å². The van der Waals surface area contributed by atoms with Gasteiger partial charge in [-0.15, -0.1) is 0 Å². The third-order valence-corrected chi connectivity index (χ3v) is 3.91. The molecule has 5 heteroatoms. The van der Waals surface area contributed by atoms with Crippen LogP contribution in [0.25, 0.3) is 0 Å². The molecule has 5 nitrogen and oxygen atoms in total. The van der Waals surface area contributed by atoms with Gasteiger partial charge in [0.1, 0.15) is 5.75 Å². The number of anilines is 1. The molecule has 0 aliphatic carbocycles. The molecule has 1 atom stereocenters. The van der Waals surface area contributed by atoms with E-state index >= 15 is 0 Å². The van der Waals surface area contributed by atoms with Crippen molar-refractivity contribution in [1.82, 2.24) is 4.90 Å². The fourth-order valence-electron chi connectivity index (χ4n) is 2.75. The van der Waals surface area contributed by atoms with Crippen LogP contribution in [0.1, 0.15) is 34.1 Å². The van der Waals surface area contributed by atoms with Gasteiger partial charge in [-0.25, -0.2) is 0 Å². The van der Waals surface area contributed by atoms with Gasteiger partial charge >= 0.3 is 0 Å². The van der Waals surface area contributed by atoms with Gasteiger partial charge in [-0.1, -0.05) is 39.8 Å². The normalized spacial score (nSPS) is 13.4. The highest BCUT2D eigenvalue weighted by atomic mass is 16.5. The molecule has 0 fully saturated rings. The van der Waals surface area contributed by atoms with E-state index in [0.29, 0.717) is 24.5 Å². The van der Waals surface area contributed by atoms with E-state index in [1.807, 2.05) is 24.3 Å². The molecule has 1 unspecified atom stereocenters. The van der Waals surface area contributed by atoms with Gasteiger partial charge in [0.2, 0.25) is 0 Å². The van der Waals surface area contributed by atoms with Crippen LogP contribution >= 0.6 is 0 Å². The Morgan fingerprint density at radius 2 is 1.91 bits per heavy atom. The lowest BCUT2D eigenvalue weighted by atomic mass is 10.0. The number of guanidine groups is 1. The van der Waals surface area contributed by atoms with Crippen molar-refractivity contribution in [2.24, 2.45) is 16.6 Å². The molecule has 1 rings (SSSR count). The second kappa shape index (κ2) is 10.1. The first-order valence-electron chi connectivity index (χ1n) is 8.45. The standard InChI is InChI=1S/C18H32N4O/c1-6-22(7-2)15(12-14(3)4)13-20-18(19)21-16-10-8-9-11-17(16)23-5/h8-11,14-15H,6-7,12-13H2,1-5H3,(H3,19,20,21). The fraction of sp³-hybridized carbons (Fsp3) is 0.611. The minimum absolute atomic E-state index is 0.419. The minimum Gasteiger partial charge on any atom is -0.495 e. The monoisotopic (exact) mass is 320 g/mol. The van der Waals surface area contributed by atoms with Crippen LogP contribution in [0.4, 0.5) is 5.69 Å². The summed E-state index contributed by atoms with van der Waals surface area (Å²) >= 11 is 0. The molecule has 3 N–H and O–H groups in total. The number of nitrogens with one attached hydrogen (secondary N) is 1. The third-order valence-electron chi connectivity index (χ3n) is 3.91. The summed E-state index contributed by atoms with van der Waals surface area (Å²) in [5.41, 5.74) is 6.89. The van der Waals surface area contributed by atoms with Crippen LogP contribution < -0.4 is 15.8 Å². The molecule has 0 aliphatic heterocycles. The number of methoxy groups -OCH3 is 1. The quantitative estimate of drug-likeness (QED) is 0.542.